The molecule has 2 heterocycles. The molecular formula is C9H12IN3. The lowest BCUT2D eigenvalue weighted by molar-refractivity contribution is 0.306. The van der Waals surface area contributed by atoms with Gasteiger partial charge < -0.3 is 4.90 Å². The van der Waals surface area contributed by atoms with Crippen LogP contribution in [0.2, 0.25) is 0 Å². The fourth-order valence-electron chi connectivity index (χ4n) is 1.71. The molecule has 0 spiro atoms. The Morgan fingerprint density at radius 3 is 2.92 bits per heavy atom. The molecule has 1 aliphatic heterocycles. The molecule has 2 rings (SSSR count). The quantitative estimate of drug-likeness (QED) is 0.534. The monoisotopic (exact) mass is 289 g/mol. The predicted octanol–water partition coefficient (Wildman–Crippen LogP) is 1.38. The molecule has 0 aromatic carbocycles. The molecule has 0 fully saturated rings. The van der Waals surface area contributed by atoms with Crippen LogP contribution in [0.15, 0.2) is 0 Å². The third kappa shape index (κ3) is 1.83. The molecule has 0 atom stereocenters. The molecule has 0 saturated carbocycles. The van der Waals surface area contributed by atoms with Gasteiger partial charge in [-0.1, -0.05) is 0 Å². The zero-order valence-electron chi connectivity index (χ0n) is 7.84. The Labute approximate surface area is 91.7 Å². The molecule has 3 nitrogen and oxygen atoms in total. The first-order chi connectivity index (χ1) is 6.16. The number of hydrogen-bond acceptors (Lipinski definition) is 3. The number of rotatable bonds is 0. The second kappa shape index (κ2) is 3.49. The second-order valence-electron chi connectivity index (χ2n) is 3.49. The Balaban J connectivity index is 2.47. The van der Waals surface area contributed by atoms with E-state index in [1.165, 1.54) is 11.3 Å². The van der Waals surface area contributed by atoms with Crippen LogP contribution in [0.3, 0.4) is 0 Å². The summed E-state index contributed by atoms with van der Waals surface area (Å²) < 4.78 is 0.865. The van der Waals surface area contributed by atoms with Gasteiger partial charge in [0.15, 0.2) is 3.83 Å². The first-order valence-electron chi connectivity index (χ1n) is 4.37. The summed E-state index contributed by atoms with van der Waals surface area (Å²) in [6.07, 6.45) is 1.09. The van der Waals surface area contributed by atoms with E-state index >= 15 is 0 Å². The van der Waals surface area contributed by atoms with Crippen LogP contribution in [0.4, 0.5) is 0 Å². The molecule has 0 aliphatic carbocycles. The van der Waals surface area contributed by atoms with Gasteiger partial charge in [-0.2, -0.15) is 0 Å². The fraction of sp³-hybridized carbons (Fsp3) is 0.556. The minimum Gasteiger partial charge on any atom is -0.300 e. The SMILES string of the molecule is Cc1nc(I)nc2c1CCN(C)C2. The van der Waals surface area contributed by atoms with Crippen molar-refractivity contribution >= 4 is 22.6 Å². The van der Waals surface area contributed by atoms with Gasteiger partial charge in [-0.15, -0.1) is 0 Å². The minimum atomic E-state index is 0.865. The Morgan fingerprint density at radius 1 is 1.38 bits per heavy atom. The second-order valence-corrected chi connectivity index (χ2v) is 4.46. The normalized spacial score (nSPS) is 17.2. The largest absolute Gasteiger partial charge is 0.300 e. The molecule has 0 amide bonds. The van der Waals surface area contributed by atoms with E-state index in [1.54, 1.807) is 0 Å². The number of fused-ring (bicyclic) bond motifs is 1. The predicted molar refractivity (Wildman–Crippen MR) is 59.5 cm³/mol. The van der Waals surface area contributed by atoms with Crippen LogP contribution in [0.25, 0.3) is 0 Å². The van der Waals surface area contributed by atoms with Gasteiger partial charge in [0.05, 0.1) is 5.69 Å². The fourth-order valence-corrected chi connectivity index (χ4v) is 2.36. The van der Waals surface area contributed by atoms with Gasteiger partial charge in [0.2, 0.25) is 0 Å². The minimum absolute atomic E-state index is 0.865. The highest BCUT2D eigenvalue weighted by molar-refractivity contribution is 14.1. The summed E-state index contributed by atoms with van der Waals surface area (Å²) in [6, 6.07) is 0. The smallest absolute Gasteiger partial charge is 0.191 e. The van der Waals surface area contributed by atoms with Crippen molar-refractivity contribution in [2.75, 3.05) is 13.6 Å². The molecule has 1 aliphatic rings. The Bertz CT molecular complexity index is 338. The van der Waals surface area contributed by atoms with Crippen molar-refractivity contribution in [2.45, 2.75) is 19.9 Å². The van der Waals surface area contributed by atoms with Gasteiger partial charge in [-0.3, -0.25) is 0 Å². The maximum absolute atomic E-state index is 4.46. The van der Waals surface area contributed by atoms with Gasteiger partial charge in [-0.25, -0.2) is 9.97 Å². The van der Waals surface area contributed by atoms with E-state index in [-0.39, 0.29) is 0 Å². The third-order valence-corrected chi connectivity index (χ3v) is 2.92. The van der Waals surface area contributed by atoms with Crippen LogP contribution in [0, 0.1) is 10.8 Å². The van der Waals surface area contributed by atoms with Crippen molar-refractivity contribution in [3.63, 3.8) is 0 Å². The topological polar surface area (TPSA) is 29.0 Å². The zero-order valence-corrected chi connectivity index (χ0v) is 10.00. The summed E-state index contributed by atoms with van der Waals surface area (Å²) in [6.45, 7) is 4.17. The van der Waals surface area contributed by atoms with Gasteiger partial charge in [0.25, 0.3) is 0 Å². The molecule has 1 aromatic rings. The van der Waals surface area contributed by atoms with E-state index in [9.17, 15) is 0 Å². The lowest BCUT2D eigenvalue weighted by Crippen LogP contribution is -2.28. The van der Waals surface area contributed by atoms with Crippen LogP contribution in [0.1, 0.15) is 17.0 Å². The van der Waals surface area contributed by atoms with E-state index in [0.717, 1.165) is 29.0 Å². The highest BCUT2D eigenvalue weighted by Gasteiger charge is 2.17. The number of likely N-dealkylation sites (N-methyl/N-ethyl adjacent to an activating group) is 1. The van der Waals surface area contributed by atoms with Crippen molar-refractivity contribution in [3.05, 3.63) is 20.8 Å². The average Bonchev–Trinajstić information content (AvgIpc) is 2.02. The van der Waals surface area contributed by atoms with Crippen molar-refractivity contribution in [3.8, 4) is 0 Å². The van der Waals surface area contributed by atoms with Gasteiger partial charge in [-0.05, 0) is 26.0 Å². The maximum Gasteiger partial charge on any atom is 0.191 e. The van der Waals surface area contributed by atoms with Gasteiger partial charge in [0, 0.05) is 41.4 Å². The van der Waals surface area contributed by atoms with Crippen LogP contribution < -0.4 is 0 Å². The molecular weight excluding hydrogens is 277 g/mol. The van der Waals surface area contributed by atoms with Crippen LogP contribution in [0.5, 0.6) is 0 Å². The highest BCUT2D eigenvalue weighted by Crippen LogP contribution is 2.18. The summed E-state index contributed by atoms with van der Waals surface area (Å²) in [7, 11) is 2.13. The number of aryl methyl sites for hydroxylation is 1. The molecule has 0 unspecified atom stereocenters. The van der Waals surface area contributed by atoms with Crippen molar-refractivity contribution in [1.29, 1.82) is 0 Å². The van der Waals surface area contributed by atoms with Gasteiger partial charge in [0.1, 0.15) is 0 Å². The lowest BCUT2D eigenvalue weighted by Gasteiger charge is -2.24. The molecule has 0 radical (unpaired) electrons. The number of aromatic nitrogens is 2. The Hall–Kier alpha value is -0.230. The molecule has 4 heteroatoms. The first-order valence-corrected chi connectivity index (χ1v) is 5.45. The molecule has 0 N–H and O–H groups in total. The molecule has 1 aromatic heterocycles. The number of halogens is 1. The highest BCUT2D eigenvalue weighted by atomic mass is 127. The molecule has 0 saturated heterocycles. The average molecular weight is 289 g/mol. The van der Waals surface area contributed by atoms with Crippen LogP contribution in [-0.4, -0.2) is 28.5 Å². The molecule has 0 bridgehead atoms. The maximum atomic E-state index is 4.46. The molecule has 13 heavy (non-hydrogen) atoms. The summed E-state index contributed by atoms with van der Waals surface area (Å²) in [5.74, 6) is 0. The van der Waals surface area contributed by atoms with E-state index in [4.69, 9.17) is 0 Å². The van der Waals surface area contributed by atoms with Crippen molar-refractivity contribution < 1.29 is 0 Å². The summed E-state index contributed by atoms with van der Waals surface area (Å²) >= 11 is 2.18. The van der Waals surface area contributed by atoms with Crippen LogP contribution in [-0.2, 0) is 13.0 Å². The number of hydrogen-bond donors (Lipinski definition) is 0. The summed E-state index contributed by atoms with van der Waals surface area (Å²) in [5, 5.41) is 0. The van der Waals surface area contributed by atoms with Crippen LogP contribution >= 0.6 is 22.6 Å². The summed E-state index contributed by atoms with van der Waals surface area (Å²) in [5.41, 5.74) is 3.73. The van der Waals surface area contributed by atoms with Crippen molar-refractivity contribution in [1.82, 2.24) is 14.9 Å². The third-order valence-electron chi connectivity index (χ3n) is 2.44. The van der Waals surface area contributed by atoms with Gasteiger partial charge >= 0.3 is 0 Å². The summed E-state index contributed by atoms with van der Waals surface area (Å²) in [4.78, 5) is 11.1. The van der Waals surface area contributed by atoms with Crippen molar-refractivity contribution in [2.24, 2.45) is 0 Å². The number of nitrogens with zero attached hydrogens (tertiary/aromatic N) is 3. The van der Waals surface area contributed by atoms with E-state index in [0.29, 0.717) is 0 Å². The molecule has 70 valence electrons. The lowest BCUT2D eigenvalue weighted by atomic mass is 10.0. The van der Waals surface area contributed by atoms with E-state index < -0.39 is 0 Å². The van der Waals surface area contributed by atoms with E-state index in [2.05, 4.69) is 51.4 Å². The Kier molecular flexibility index (Phi) is 2.51. The first kappa shape index (κ1) is 9.33. The zero-order chi connectivity index (χ0) is 9.42. The standard InChI is InChI=1S/C9H12IN3/c1-6-7-3-4-13(2)5-8(7)12-9(10)11-6/h3-5H2,1-2H3. The van der Waals surface area contributed by atoms with E-state index in [1.807, 2.05) is 0 Å². The Morgan fingerprint density at radius 2 is 2.15 bits per heavy atom.